The van der Waals surface area contributed by atoms with Gasteiger partial charge in [-0.1, -0.05) is 59.2 Å². The number of hydrogen-bond acceptors (Lipinski definition) is 1. The fourth-order valence-corrected chi connectivity index (χ4v) is 8.01. The van der Waals surface area contributed by atoms with Crippen molar-refractivity contribution in [3.05, 3.63) is 132 Å². The van der Waals surface area contributed by atoms with E-state index in [1.165, 1.54) is 91.8 Å². The molecule has 0 aliphatic carbocycles. The number of thiophene rings is 1. The van der Waals surface area contributed by atoms with Crippen LogP contribution >= 0.6 is 11.3 Å². The van der Waals surface area contributed by atoms with E-state index in [0.717, 1.165) is 0 Å². The highest BCUT2D eigenvalue weighted by Gasteiger charge is 2.18. The van der Waals surface area contributed by atoms with Crippen LogP contribution in [0.15, 0.2) is 115 Å². The van der Waals surface area contributed by atoms with Crippen molar-refractivity contribution in [3.63, 3.8) is 0 Å². The van der Waals surface area contributed by atoms with Crippen LogP contribution in [0.5, 0.6) is 0 Å². The number of fused-ring (bicyclic) bond motifs is 9. The normalized spacial score (nSPS) is 12.2. The number of nitrogens with zero attached hydrogens (tertiary/aromatic N) is 2. The molecule has 3 aromatic heterocycles. The Morgan fingerprint density at radius 1 is 0.381 bits per heavy atom. The van der Waals surface area contributed by atoms with E-state index in [-0.39, 0.29) is 0 Å². The molecule has 0 saturated carbocycles. The fraction of sp³-hybridized carbons (Fsp3) is 0.0769. The highest BCUT2D eigenvalue weighted by molar-refractivity contribution is 7.25. The molecule has 9 aromatic rings. The van der Waals surface area contributed by atoms with Gasteiger partial charge in [-0.25, -0.2) is 0 Å². The van der Waals surface area contributed by atoms with E-state index in [1.807, 2.05) is 11.3 Å². The van der Waals surface area contributed by atoms with Gasteiger partial charge in [0.1, 0.15) is 0 Å². The van der Waals surface area contributed by atoms with E-state index in [4.69, 9.17) is 0 Å². The third kappa shape index (κ3) is 3.32. The van der Waals surface area contributed by atoms with Crippen molar-refractivity contribution in [2.75, 3.05) is 0 Å². The molecule has 2 nitrogen and oxygen atoms in total. The summed E-state index contributed by atoms with van der Waals surface area (Å²) in [5, 5.41) is 7.83. The molecule has 0 unspecified atom stereocenters. The fourth-order valence-electron chi connectivity index (χ4n) is 6.92. The van der Waals surface area contributed by atoms with Crippen molar-refractivity contribution in [1.29, 1.82) is 0 Å². The van der Waals surface area contributed by atoms with E-state index in [0.29, 0.717) is 0 Å². The first-order chi connectivity index (χ1) is 20.5. The van der Waals surface area contributed by atoms with Crippen LogP contribution in [0.2, 0.25) is 0 Å². The Morgan fingerprint density at radius 3 is 1.57 bits per heavy atom. The molecule has 0 fully saturated rings. The van der Waals surface area contributed by atoms with Crippen LogP contribution in [0.25, 0.3) is 75.2 Å². The summed E-state index contributed by atoms with van der Waals surface area (Å²) in [6, 6.07) is 43.2. The van der Waals surface area contributed by atoms with Crippen LogP contribution in [0, 0.1) is 20.8 Å². The molecule has 0 bridgehead atoms. The average Bonchev–Trinajstić information content (AvgIpc) is 3.63. The highest BCUT2D eigenvalue weighted by atomic mass is 32.1. The number of aromatic nitrogens is 2. The maximum Gasteiger partial charge on any atom is 0.0561 e. The molecule has 0 N–H and O–H groups in total. The molecular formula is C39H28N2S. The van der Waals surface area contributed by atoms with Crippen molar-refractivity contribution in [2.45, 2.75) is 20.8 Å². The quantitative estimate of drug-likeness (QED) is 0.200. The maximum atomic E-state index is 2.46. The zero-order chi connectivity index (χ0) is 28.1. The Hall–Kier alpha value is -4.86. The van der Waals surface area contributed by atoms with Crippen LogP contribution in [-0.4, -0.2) is 9.13 Å². The van der Waals surface area contributed by atoms with Crippen LogP contribution in [0.4, 0.5) is 0 Å². The van der Waals surface area contributed by atoms with Crippen LogP contribution in [0.1, 0.15) is 16.7 Å². The van der Waals surface area contributed by atoms with Gasteiger partial charge in [0.2, 0.25) is 0 Å². The minimum absolute atomic E-state index is 1.18. The summed E-state index contributed by atoms with van der Waals surface area (Å²) in [5.41, 5.74) is 11.2. The largest absolute Gasteiger partial charge is 0.309 e. The molecule has 3 heterocycles. The van der Waals surface area contributed by atoms with Crippen molar-refractivity contribution in [1.82, 2.24) is 9.13 Å². The Bertz CT molecular complexity index is 2500. The molecule has 42 heavy (non-hydrogen) atoms. The lowest BCUT2D eigenvalue weighted by atomic mass is 10.1. The molecule has 0 radical (unpaired) electrons. The van der Waals surface area contributed by atoms with Gasteiger partial charge in [-0.15, -0.1) is 11.3 Å². The Morgan fingerprint density at radius 2 is 0.905 bits per heavy atom. The van der Waals surface area contributed by atoms with Gasteiger partial charge < -0.3 is 9.13 Å². The lowest BCUT2D eigenvalue weighted by Crippen LogP contribution is -1.97. The van der Waals surface area contributed by atoms with Crippen molar-refractivity contribution < 1.29 is 0 Å². The first-order valence-corrected chi connectivity index (χ1v) is 15.3. The van der Waals surface area contributed by atoms with Crippen molar-refractivity contribution >= 4 is 75.1 Å². The molecule has 6 aromatic carbocycles. The molecule has 0 aliphatic heterocycles. The topological polar surface area (TPSA) is 9.86 Å². The summed E-state index contributed by atoms with van der Waals surface area (Å²) >= 11 is 1.87. The van der Waals surface area contributed by atoms with E-state index in [9.17, 15) is 0 Å². The number of benzene rings is 6. The predicted octanol–water partition coefficient (Wildman–Crippen LogP) is 11.2. The highest BCUT2D eigenvalue weighted by Crippen LogP contribution is 2.40. The van der Waals surface area contributed by atoms with Crippen LogP contribution in [0.3, 0.4) is 0 Å². The molecule has 9 rings (SSSR count). The summed E-state index contributed by atoms with van der Waals surface area (Å²) < 4.78 is 7.56. The van der Waals surface area contributed by atoms with E-state index in [1.54, 1.807) is 0 Å². The molecule has 200 valence electrons. The molecular weight excluding hydrogens is 529 g/mol. The van der Waals surface area contributed by atoms with Gasteiger partial charge in [-0.3, -0.25) is 0 Å². The number of aryl methyl sites for hydroxylation is 3. The third-order valence-electron chi connectivity index (χ3n) is 8.86. The summed E-state index contributed by atoms with van der Waals surface area (Å²) in [6.45, 7) is 6.54. The van der Waals surface area contributed by atoms with Crippen molar-refractivity contribution in [2.24, 2.45) is 0 Å². The minimum Gasteiger partial charge on any atom is -0.309 e. The number of rotatable bonds is 2. The average molecular weight is 557 g/mol. The number of hydrogen-bond donors (Lipinski definition) is 0. The molecule has 0 amide bonds. The monoisotopic (exact) mass is 556 g/mol. The summed E-state index contributed by atoms with van der Waals surface area (Å²) in [4.78, 5) is 0. The first-order valence-electron chi connectivity index (χ1n) is 14.5. The van der Waals surface area contributed by atoms with Gasteiger partial charge in [-0.2, -0.15) is 0 Å². The maximum absolute atomic E-state index is 2.46. The molecule has 0 atom stereocenters. The van der Waals surface area contributed by atoms with Gasteiger partial charge in [0.05, 0.1) is 22.1 Å². The second-order valence-electron chi connectivity index (χ2n) is 11.7. The molecule has 0 saturated heterocycles. The van der Waals surface area contributed by atoms with Crippen LogP contribution < -0.4 is 0 Å². The SMILES string of the molecule is Cc1ccc2c(c1)c1cc(C)ccc1n2-c1ccc2c3cc(C)ccc3n(-c3ccc4sc5ccccc5c4c3)c2c1. The molecule has 0 spiro atoms. The Balaban J connectivity index is 1.38. The summed E-state index contributed by atoms with van der Waals surface area (Å²) in [5.74, 6) is 0. The molecule has 3 heteroatoms. The van der Waals surface area contributed by atoms with Crippen molar-refractivity contribution in [3.8, 4) is 11.4 Å². The Kier molecular flexibility index (Phi) is 4.86. The van der Waals surface area contributed by atoms with Gasteiger partial charge in [0.25, 0.3) is 0 Å². The molecule has 0 aliphatic rings. The Labute approximate surface area is 247 Å². The summed E-state index contributed by atoms with van der Waals surface area (Å²) in [7, 11) is 0. The second-order valence-corrected chi connectivity index (χ2v) is 12.8. The zero-order valence-corrected chi connectivity index (χ0v) is 24.6. The van der Waals surface area contributed by atoms with Gasteiger partial charge in [0.15, 0.2) is 0 Å². The minimum atomic E-state index is 1.18. The first kappa shape index (κ1) is 23.8. The predicted molar refractivity (Wildman–Crippen MR) is 182 cm³/mol. The lowest BCUT2D eigenvalue weighted by molar-refractivity contribution is 1.16. The smallest absolute Gasteiger partial charge is 0.0561 e. The lowest BCUT2D eigenvalue weighted by Gasteiger charge is -2.12. The van der Waals surface area contributed by atoms with E-state index >= 15 is 0 Å². The van der Waals surface area contributed by atoms with Gasteiger partial charge in [-0.05, 0) is 93.6 Å². The standard InChI is InChI=1S/C39H28N2S/c1-23-8-14-34-30(18-23)28-13-11-27(40-35-15-9-24(2)19-31(35)32-20-25(3)10-16-36(32)40)22-37(28)41(34)26-12-17-39-33(21-26)29-6-4-5-7-38(29)42-39/h4-22H,1-3H3. The van der Waals surface area contributed by atoms with E-state index < -0.39 is 0 Å². The van der Waals surface area contributed by atoms with Gasteiger partial charge >= 0.3 is 0 Å². The second kappa shape index (κ2) is 8.58. The van der Waals surface area contributed by atoms with Crippen LogP contribution in [-0.2, 0) is 0 Å². The van der Waals surface area contributed by atoms with Gasteiger partial charge in [0, 0.05) is 53.1 Å². The van der Waals surface area contributed by atoms with E-state index in [2.05, 4.69) is 145 Å². The zero-order valence-electron chi connectivity index (χ0n) is 23.8. The third-order valence-corrected chi connectivity index (χ3v) is 10.0. The summed E-state index contributed by atoms with van der Waals surface area (Å²) in [6.07, 6.45) is 0.